The van der Waals surface area contributed by atoms with Crippen LogP contribution in [0.1, 0.15) is 21.5 Å². The number of amides is 1. The Morgan fingerprint density at radius 2 is 1.67 bits per heavy atom. The van der Waals surface area contributed by atoms with Gasteiger partial charge in [0.15, 0.2) is 0 Å². The van der Waals surface area contributed by atoms with Crippen molar-refractivity contribution in [2.75, 3.05) is 26.2 Å². The lowest BCUT2D eigenvalue weighted by molar-refractivity contribution is 0.0628. The molecule has 4 rings (SSSR count). The van der Waals surface area contributed by atoms with Gasteiger partial charge in [0, 0.05) is 50.7 Å². The predicted molar refractivity (Wildman–Crippen MR) is 113 cm³/mol. The number of piperazine rings is 1. The molecule has 0 atom stereocenters. The molecule has 1 aromatic heterocycles. The fraction of sp³-hybridized carbons (Fsp3) is 0.250. The molecule has 154 valence electrons. The molecule has 1 amide bonds. The van der Waals surface area contributed by atoms with Gasteiger partial charge in [-0.2, -0.15) is 0 Å². The number of ether oxygens (including phenoxy) is 1. The largest absolute Gasteiger partial charge is 0.489 e. The van der Waals surface area contributed by atoms with Crippen molar-refractivity contribution in [1.82, 2.24) is 14.8 Å². The van der Waals surface area contributed by atoms with E-state index in [1.807, 2.05) is 35.2 Å². The van der Waals surface area contributed by atoms with Gasteiger partial charge in [0.2, 0.25) is 0 Å². The molecule has 3 aromatic rings. The minimum Gasteiger partial charge on any atom is -0.489 e. The zero-order valence-electron chi connectivity index (χ0n) is 16.7. The predicted octanol–water partition coefficient (Wildman–Crippen LogP) is 3.76. The number of hydrogen-bond donors (Lipinski definition) is 0. The molecule has 6 heteroatoms. The Kier molecular flexibility index (Phi) is 6.35. The Labute approximate surface area is 175 Å². The monoisotopic (exact) mass is 405 g/mol. The lowest BCUT2D eigenvalue weighted by atomic mass is 10.1. The summed E-state index contributed by atoms with van der Waals surface area (Å²) < 4.78 is 18.8. The summed E-state index contributed by atoms with van der Waals surface area (Å²) in [4.78, 5) is 21.2. The summed E-state index contributed by atoms with van der Waals surface area (Å²) in [7, 11) is 0. The molecule has 0 radical (unpaired) electrons. The number of nitrogens with zero attached hydrogens (tertiary/aromatic N) is 3. The van der Waals surface area contributed by atoms with Crippen LogP contribution in [0.4, 0.5) is 4.39 Å². The molecular formula is C24H24FN3O2. The van der Waals surface area contributed by atoms with E-state index in [2.05, 4.69) is 9.88 Å². The second-order valence-electron chi connectivity index (χ2n) is 7.37. The van der Waals surface area contributed by atoms with Crippen LogP contribution in [-0.4, -0.2) is 46.9 Å². The van der Waals surface area contributed by atoms with Crippen LogP contribution in [-0.2, 0) is 13.2 Å². The molecule has 0 bridgehead atoms. The number of carbonyl (C=O) groups is 1. The van der Waals surface area contributed by atoms with Crippen LogP contribution in [0, 0.1) is 5.82 Å². The van der Waals surface area contributed by atoms with Gasteiger partial charge in [-0.05, 0) is 53.6 Å². The number of halogens is 1. The van der Waals surface area contributed by atoms with E-state index in [9.17, 15) is 9.18 Å². The highest BCUT2D eigenvalue weighted by Crippen LogP contribution is 2.18. The molecule has 5 nitrogen and oxygen atoms in total. The maximum absolute atomic E-state index is 13.0. The van der Waals surface area contributed by atoms with Crippen LogP contribution in [0.2, 0.25) is 0 Å². The van der Waals surface area contributed by atoms with Crippen LogP contribution >= 0.6 is 0 Å². The molecule has 2 aromatic carbocycles. The van der Waals surface area contributed by atoms with Crippen molar-refractivity contribution in [1.29, 1.82) is 0 Å². The molecule has 2 heterocycles. The molecule has 30 heavy (non-hydrogen) atoms. The lowest BCUT2D eigenvalue weighted by Crippen LogP contribution is -2.48. The fourth-order valence-corrected chi connectivity index (χ4v) is 3.50. The Bertz CT molecular complexity index is 971. The van der Waals surface area contributed by atoms with E-state index >= 15 is 0 Å². The van der Waals surface area contributed by atoms with Crippen LogP contribution in [0.15, 0.2) is 73.1 Å². The summed E-state index contributed by atoms with van der Waals surface area (Å²) in [5.41, 5.74) is 2.73. The smallest absolute Gasteiger partial charge is 0.254 e. The van der Waals surface area contributed by atoms with Gasteiger partial charge in [0.1, 0.15) is 18.2 Å². The minimum atomic E-state index is -0.271. The first-order valence-corrected chi connectivity index (χ1v) is 10.1. The Balaban J connectivity index is 1.31. The average Bonchev–Trinajstić information content (AvgIpc) is 2.80. The molecule has 0 unspecified atom stereocenters. The van der Waals surface area contributed by atoms with Gasteiger partial charge >= 0.3 is 0 Å². The van der Waals surface area contributed by atoms with Crippen LogP contribution in [0.25, 0.3) is 0 Å². The third-order valence-corrected chi connectivity index (χ3v) is 5.21. The number of rotatable bonds is 6. The Hall–Kier alpha value is -3.25. The second kappa shape index (κ2) is 9.50. The van der Waals surface area contributed by atoms with Crippen molar-refractivity contribution in [3.63, 3.8) is 0 Å². The second-order valence-corrected chi connectivity index (χ2v) is 7.37. The lowest BCUT2D eigenvalue weighted by Gasteiger charge is -2.34. The summed E-state index contributed by atoms with van der Waals surface area (Å²) in [6, 6.07) is 17.5. The molecule has 1 saturated heterocycles. The van der Waals surface area contributed by atoms with E-state index in [0.29, 0.717) is 31.0 Å². The number of pyridine rings is 1. The van der Waals surface area contributed by atoms with Gasteiger partial charge in [-0.15, -0.1) is 0 Å². The number of hydrogen-bond acceptors (Lipinski definition) is 4. The van der Waals surface area contributed by atoms with Crippen LogP contribution in [0.3, 0.4) is 0 Å². The first-order chi connectivity index (χ1) is 14.7. The van der Waals surface area contributed by atoms with Crippen LogP contribution in [0.5, 0.6) is 5.75 Å². The molecule has 1 fully saturated rings. The van der Waals surface area contributed by atoms with E-state index in [1.165, 1.54) is 17.7 Å². The summed E-state index contributed by atoms with van der Waals surface area (Å²) >= 11 is 0. The highest BCUT2D eigenvalue weighted by atomic mass is 19.1. The van der Waals surface area contributed by atoms with Crippen molar-refractivity contribution in [3.8, 4) is 5.75 Å². The Morgan fingerprint density at radius 3 is 2.40 bits per heavy atom. The van der Waals surface area contributed by atoms with E-state index < -0.39 is 0 Å². The van der Waals surface area contributed by atoms with Gasteiger partial charge in [-0.1, -0.05) is 18.2 Å². The highest BCUT2D eigenvalue weighted by Gasteiger charge is 2.22. The van der Waals surface area contributed by atoms with Gasteiger partial charge < -0.3 is 9.64 Å². The van der Waals surface area contributed by atoms with Gasteiger partial charge in [-0.3, -0.25) is 14.7 Å². The number of aromatic nitrogens is 1. The molecule has 1 aliphatic rings. The summed E-state index contributed by atoms with van der Waals surface area (Å²) in [5, 5.41) is 0. The molecule has 0 spiro atoms. The summed E-state index contributed by atoms with van der Waals surface area (Å²) in [5.74, 6) is 0.375. The van der Waals surface area contributed by atoms with E-state index in [4.69, 9.17) is 4.74 Å². The zero-order chi connectivity index (χ0) is 20.8. The van der Waals surface area contributed by atoms with Crippen molar-refractivity contribution in [3.05, 3.63) is 95.6 Å². The first kappa shape index (κ1) is 20.0. The fourth-order valence-electron chi connectivity index (χ4n) is 3.50. The zero-order valence-corrected chi connectivity index (χ0v) is 16.7. The quantitative estimate of drug-likeness (QED) is 0.627. The minimum absolute atomic E-state index is 0.0193. The molecule has 0 saturated carbocycles. The maximum atomic E-state index is 13.0. The van der Waals surface area contributed by atoms with E-state index in [0.717, 1.165) is 25.2 Å². The average molecular weight is 405 g/mol. The maximum Gasteiger partial charge on any atom is 0.254 e. The standard InChI is InChI=1S/C24H24FN3O2/c25-22-6-4-20(5-7-22)18-30-23-3-1-2-21(16-23)24(29)28-14-12-27(13-15-28)17-19-8-10-26-11-9-19/h1-11,16H,12-15,17-18H2. The third-order valence-electron chi connectivity index (χ3n) is 5.21. The summed E-state index contributed by atoms with van der Waals surface area (Å²) in [6.45, 7) is 4.28. The number of carbonyl (C=O) groups excluding carboxylic acids is 1. The Morgan fingerprint density at radius 1 is 0.933 bits per heavy atom. The van der Waals surface area contributed by atoms with E-state index in [1.54, 1.807) is 30.6 Å². The first-order valence-electron chi connectivity index (χ1n) is 10.1. The highest BCUT2D eigenvalue weighted by molar-refractivity contribution is 5.94. The van der Waals surface area contributed by atoms with Gasteiger partial charge in [0.05, 0.1) is 0 Å². The molecular weight excluding hydrogens is 381 g/mol. The van der Waals surface area contributed by atoms with Gasteiger partial charge in [-0.25, -0.2) is 4.39 Å². The third kappa shape index (κ3) is 5.21. The normalized spacial score (nSPS) is 14.5. The van der Waals surface area contributed by atoms with E-state index in [-0.39, 0.29) is 11.7 Å². The molecule has 0 N–H and O–H groups in total. The number of benzene rings is 2. The topological polar surface area (TPSA) is 45.7 Å². The van der Waals surface area contributed by atoms with Crippen molar-refractivity contribution >= 4 is 5.91 Å². The molecule has 1 aliphatic heterocycles. The molecule has 0 aliphatic carbocycles. The van der Waals surface area contributed by atoms with Crippen molar-refractivity contribution in [2.45, 2.75) is 13.2 Å². The van der Waals surface area contributed by atoms with Crippen LogP contribution < -0.4 is 4.74 Å². The van der Waals surface area contributed by atoms with Gasteiger partial charge in [0.25, 0.3) is 5.91 Å². The van der Waals surface area contributed by atoms with Crippen molar-refractivity contribution < 1.29 is 13.9 Å². The summed E-state index contributed by atoms with van der Waals surface area (Å²) in [6.07, 6.45) is 3.61. The SMILES string of the molecule is O=C(c1cccc(OCc2ccc(F)cc2)c1)N1CCN(Cc2ccncc2)CC1. The van der Waals surface area contributed by atoms with Crippen molar-refractivity contribution in [2.24, 2.45) is 0 Å².